The predicted molar refractivity (Wildman–Crippen MR) is 66.4 cm³/mol. The molecule has 1 amide bonds. The summed E-state index contributed by atoms with van der Waals surface area (Å²) in [5, 5.41) is 11.9. The molecule has 98 valence electrons. The van der Waals surface area contributed by atoms with Crippen LogP contribution in [0.4, 0.5) is 0 Å². The standard InChI is InChI=1S/C10H21NO3.C2H6/c1-4-6-9(13)11-7-10(5-2,8-12)14-3;1-2/h12H,4-8H2,1-3H3,(H,11,13);1-2H3. The maximum Gasteiger partial charge on any atom is 0.220 e. The Bertz CT molecular complexity index is 159. The van der Waals surface area contributed by atoms with Crippen LogP contribution >= 0.6 is 0 Å². The smallest absolute Gasteiger partial charge is 0.220 e. The lowest BCUT2D eigenvalue weighted by atomic mass is 10.0. The van der Waals surface area contributed by atoms with Gasteiger partial charge in [0.15, 0.2) is 0 Å². The third kappa shape index (κ3) is 6.80. The predicted octanol–water partition coefficient (Wildman–Crippen LogP) is 1.72. The Morgan fingerprint density at radius 1 is 1.38 bits per heavy atom. The lowest BCUT2D eigenvalue weighted by Crippen LogP contribution is -2.46. The Hall–Kier alpha value is -0.610. The highest BCUT2D eigenvalue weighted by Gasteiger charge is 2.27. The van der Waals surface area contributed by atoms with E-state index in [1.807, 2.05) is 27.7 Å². The highest BCUT2D eigenvalue weighted by molar-refractivity contribution is 5.75. The molecule has 16 heavy (non-hydrogen) atoms. The molecule has 1 unspecified atom stereocenters. The number of amides is 1. The number of aliphatic hydroxyl groups excluding tert-OH is 1. The van der Waals surface area contributed by atoms with E-state index >= 15 is 0 Å². The second-order valence-electron chi connectivity index (χ2n) is 3.43. The summed E-state index contributed by atoms with van der Waals surface area (Å²) in [6.45, 7) is 8.17. The van der Waals surface area contributed by atoms with E-state index in [0.717, 1.165) is 6.42 Å². The fraction of sp³-hybridized carbons (Fsp3) is 0.917. The number of methoxy groups -OCH3 is 1. The summed E-state index contributed by atoms with van der Waals surface area (Å²) in [6.07, 6.45) is 2.03. The van der Waals surface area contributed by atoms with Gasteiger partial charge in [0.1, 0.15) is 5.60 Å². The van der Waals surface area contributed by atoms with Gasteiger partial charge in [0.05, 0.1) is 6.61 Å². The van der Waals surface area contributed by atoms with Crippen molar-refractivity contribution in [3.8, 4) is 0 Å². The largest absolute Gasteiger partial charge is 0.393 e. The van der Waals surface area contributed by atoms with Gasteiger partial charge in [-0.1, -0.05) is 27.7 Å². The zero-order valence-electron chi connectivity index (χ0n) is 11.3. The molecule has 0 aliphatic carbocycles. The van der Waals surface area contributed by atoms with Crippen molar-refractivity contribution in [2.45, 2.75) is 52.6 Å². The van der Waals surface area contributed by atoms with Crippen LogP contribution in [-0.2, 0) is 9.53 Å². The van der Waals surface area contributed by atoms with Gasteiger partial charge in [-0.3, -0.25) is 4.79 Å². The fourth-order valence-corrected chi connectivity index (χ4v) is 1.15. The molecule has 0 saturated heterocycles. The number of aliphatic hydroxyl groups is 1. The minimum atomic E-state index is -0.622. The Labute approximate surface area is 99.4 Å². The monoisotopic (exact) mass is 233 g/mol. The van der Waals surface area contributed by atoms with Crippen molar-refractivity contribution < 1.29 is 14.6 Å². The van der Waals surface area contributed by atoms with E-state index in [2.05, 4.69) is 5.32 Å². The second-order valence-corrected chi connectivity index (χ2v) is 3.43. The highest BCUT2D eigenvalue weighted by atomic mass is 16.5. The quantitative estimate of drug-likeness (QED) is 0.704. The van der Waals surface area contributed by atoms with Crippen molar-refractivity contribution in [3.05, 3.63) is 0 Å². The van der Waals surface area contributed by atoms with Crippen LogP contribution in [0.3, 0.4) is 0 Å². The number of rotatable bonds is 7. The van der Waals surface area contributed by atoms with E-state index in [9.17, 15) is 4.79 Å². The maximum atomic E-state index is 11.2. The Morgan fingerprint density at radius 2 is 1.94 bits per heavy atom. The number of hydrogen-bond donors (Lipinski definition) is 2. The molecule has 0 aliphatic heterocycles. The molecule has 2 N–H and O–H groups in total. The molecular weight excluding hydrogens is 206 g/mol. The van der Waals surface area contributed by atoms with Crippen LogP contribution in [0.5, 0.6) is 0 Å². The van der Waals surface area contributed by atoms with Crippen molar-refractivity contribution in [3.63, 3.8) is 0 Å². The third-order valence-corrected chi connectivity index (χ3v) is 2.45. The van der Waals surface area contributed by atoms with Crippen LogP contribution in [0, 0.1) is 0 Å². The first kappa shape index (κ1) is 17.8. The SMILES string of the molecule is CC.CCCC(=O)NCC(CC)(CO)OC. The van der Waals surface area contributed by atoms with E-state index in [4.69, 9.17) is 9.84 Å². The molecule has 0 aromatic rings. The lowest BCUT2D eigenvalue weighted by Gasteiger charge is -2.29. The Balaban J connectivity index is 0. The molecular formula is C12H27NO3. The first-order valence-corrected chi connectivity index (χ1v) is 6.06. The van der Waals surface area contributed by atoms with E-state index in [-0.39, 0.29) is 12.5 Å². The summed E-state index contributed by atoms with van der Waals surface area (Å²) >= 11 is 0. The molecule has 0 fully saturated rings. The molecule has 0 saturated carbocycles. The van der Waals surface area contributed by atoms with Gasteiger partial charge in [0.25, 0.3) is 0 Å². The zero-order chi connectivity index (χ0) is 13.0. The lowest BCUT2D eigenvalue weighted by molar-refractivity contribution is -0.123. The van der Waals surface area contributed by atoms with Gasteiger partial charge >= 0.3 is 0 Å². The Morgan fingerprint density at radius 3 is 2.25 bits per heavy atom. The average Bonchev–Trinajstić information content (AvgIpc) is 2.34. The summed E-state index contributed by atoms with van der Waals surface area (Å²) in [5.74, 6) is 0.0100. The minimum Gasteiger partial charge on any atom is -0.393 e. The van der Waals surface area contributed by atoms with Crippen molar-refractivity contribution >= 4 is 5.91 Å². The number of carbonyl (C=O) groups is 1. The molecule has 1 atom stereocenters. The molecule has 0 aliphatic rings. The summed E-state index contributed by atoms with van der Waals surface area (Å²) in [5.41, 5.74) is -0.622. The van der Waals surface area contributed by atoms with Crippen molar-refractivity contribution in [1.82, 2.24) is 5.32 Å². The summed E-state index contributed by atoms with van der Waals surface area (Å²) in [4.78, 5) is 11.2. The summed E-state index contributed by atoms with van der Waals surface area (Å²) in [6, 6.07) is 0. The van der Waals surface area contributed by atoms with Gasteiger partial charge in [-0.25, -0.2) is 0 Å². The Kier molecular flexibility index (Phi) is 12.1. The molecule has 0 aromatic heterocycles. The highest BCUT2D eigenvalue weighted by Crippen LogP contribution is 2.12. The first-order chi connectivity index (χ1) is 7.64. The second kappa shape index (κ2) is 10.9. The van der Waals surface area contributed by atoms with Crippen molar-refractivity contribution in [2.75, 3.05) is 20.3 Å². The van der Waals surface area contributed by atoms with Crippen LogP contribution in [0.1, 0.15) is 47.0 Å². The minimum absolute atomic E-state index is 0.0100. The van der Waals surface area contributed by atoms with Gasteiger partial charge in [-0.15, -0.1) is 0 Å². The zero-order valence-corrected chi connectivity index (χ0v) is 11.3. The van der Waals surface area contributed by atoms with E-state index in [1.54, 1.807) is 7.11 Å². The molecule has 0 aromatic carbocycles. The third-order valence-electron chi connectivity index (χ3n) is 2.45. The topological polar surface area (TPSA) is 58.6 Å². The average molecular weight is 233 g/mol. The number of carbonyl (C=O) groups excluding carboxylic acids is 1. The number of nitrogens with one attached hydrogen (secondary N) is 1. The van der Waals surface area contributed by atoms with Gasteiger partial charge in [-0.05, 0) is 12.8 Å². The summed E-state index contributed by atoms with van der Waals surface area (Å²) < 4.78 is 5.20. The van der Waals surface area contributed by atoms with Gasteiger partial charge in [0, 0.05) is 20.1 Å². The molecule has 0 heterocycles. The van der Waals surface area contributed by atoms with Crippen LogP contribution < -0.4 is 5.32 Å². The normalized spacial score (nSPS) is 13.4. The molecule has 0 bridgehead atoms. The molecule has 0 rings (SSSR count). The molecule has 4 heteroatoms. The summed E-state index contributed by atoms with van der Waals surface area (Å²) in [7, 11) is 1.55. The van der Waals surface area contributed by atoms with Crippen molar-refractivity contribution in [2.24, 2.45) is 0 Å². The van der Waals surface area contributed by atoms with Gasteiger partial charge in [-0.2, -0.15) is 0 Å². The van der Waals surface area contributed by atoms with Crippen LogP contribution in [0.2, 0.25) is 0 Å². The molecule has 4 nitrogen and oxygen atoms in total. The first-order valence-electron chi connectivity index (χ1n) is 6.06. The van der Waals surface area contributed by atoms with E-state index in [0.29, 0.717) is 19.4 Å². The molecule has 0 spiro atoms. The van der Waals surface area contributed by atoms with Gasteiger partial charge < -0.3 is 15.2 Å². The van der Waals surface area contributed by atoms with Crippen LogP contribution in [0.15, 0.2) is 0 Å². The number of ether oxygens (including phenoxy) is 1. The maximum absolute atomic E-state index is 11.2. The van der Waals surface area contributed by atoms with E-state index < -0.39 is 5.60 Å². The van der Waals surface area contributed by atoms with Crippen LogP contribution in [0.25, 0.3) is 0 Å². The van der Waals surface area contributed by atoms with Crippen LogP contribution in [-0.4, -0.2) is 36.9 Å². The van der Waals surface area contributed by atoms with Crippen molar-refractivity contribution in [1.29, 1.82) is 0 Å². The fourth-order valence-electron chi connectivity index (χ4n) is 1.15. The molecule has 0 radical (unpaired) electrons. The van der Waals surface area contributed by atoms with E-state index in [1.165, 1.54) is 0 Å². The van der Waals surface area contributed by atoms with Gasteiger partial charge in [0.2, 0.25) is 5.91 Å². The number of hydrogen-bond acceptors (Lipinski definition) is 3.